The summed E-state index contributed by atoms with van der Waals surface area (Å²) in [5, 5.41) is 11.6. The lowest BCUT2D eigenvalue weighted by Crippen LogP contribution is -2.41. The van der Waals surface area contributed by atoms with Gasteiger partial charge < -0.3 is 10.0 Å². The van der Waals surface area contributed by atoms with Gasteiger partial charge >= 0.3 is 5.97 Å². The van der Waals surface area contributed by atoms with Crippen molar-refractivity contribution in [1.82, 2.24) is 4.90 Å². The summed E-state index contributed by atoms with van der Waals surface area (Å²) in [5.41, 5.74) is 1.19. The summed E-state index contributed by atoms with van der Waals surface area (Å²) >= 11 is 0. The van der Waals surface area contributed by atoms with E-state index >= 15 is 0 Å². The Morgan fingerprint density at radius 2 is 1.87 bits per heavy atom. The van der Waals surface area contributed by atoms with Crippen molar-refractivity contribution >= 4 is 22.6 Å². The number of fused-ring (bicyclic) bond motifs is 1. The predicted octanol–water partition coefficient (Wildman–Crippen LogP) is 3.02. The van der Waals surface area contributed by atoms with E-state index in [2.05, 4.69) is 30.3 Å². The maximum Gasteiger partial charge on any atom is 0.326 e. The van der Waals surface area contributed by atoms with Gasteiger partial charge in [-0.05, 0) is 41.5 Å². The number of carboxylic acid groups (broad SMARTS) is 1. The lowest BCUT2D eigenvalue weighted by Gasteiger charge is -2.21. The highest BCUT2D eigenvalue weighted by atomic mass is 16.4. The van der Waals surface area contributed by atoms with Crippen LogP contribution in [0.2, 0.25) is 0 Å². The van der Waals surface area contributed by atoms with Crippen LogP contribution < -0.4 is 0 Å². The molecule has 2 unspecified atom stereocenters. The van der Waals surface area contributed by atoms with E-state index in [0.717, 1.165) is 12.8 Å². The minimum Gasteiger partial charge on any atom is -0.480 e. The molecule has 4 rings (SSSR count). The van der Waals surface area contributed by atoms with Gasteiger partial charge in [0.1, 0.15) is 6.04 Å². The number of amides is 1. The number of hydrogen-bond donors (Lipinski definition) is 1. The van der Waals surface area contributed by atoms with E-state index in [-0.39, 0.29) is 17.7 Å². The van der Waals surface area contributed by atoms with Gasteiger partial charge in [-0.2, -0.15) is 0 Å². The van der Waals surface area contributed by atoms with Crippen LogP contribution in [0, 0.1) is 5.92 Å². The molecular weight excluding hydrogens is 290 g/mol. The maximum atomic E-state index is 12.6. The monoisotopic (exact) mass is 309 g/mol. The van der Waals surface area contributed by atoms with Crippen molar-refractivity contribution in [3.63, 3.8) is 0 Å². The van der Waals surface area contributed by atoms with E-state index in [1.54, 1.807) is 4.90 Å². The first-order valence-corrected chi connectivity index (χ1v) is 8.17. The van der Waals surface area contributed by atoms with Crippen molar-refractivity contribution in [1.29, 1.82) is 0 Å². The Balaban J connectivity index is 1.52. The third-order valence-corrected chi connectivity index (χ3v) is 5.13. The number of likely N-dealkylation sites (tertiary alicyclic amines) is 1. The number of nitrogens with zero attached hydrogens (tertiary/aromatic N) is 1. The van der Waals surface area contributed by atoms with Crippen molar-refractivity contribution in [2.75, 3.05) is 6.54 Å². The zero-order chi connectivity index (χ0) is 16.0. The van der Waals surface area contributed by atoms with E-state index in [0.29, 0.717) is 13.0 Å². The van der Waals surface area contributed by atoms with Gasteiger partial charge in [-0.1, -0.05) is 42.5 Å². The summed E-state index contributed by atoms with van der Waals surface area (Å²) in [6, 6.07) is 13.9. The van der Waals surface area contributed by atoms with Crippen molar-refractivity contribution in [2.45, 2.75) is 31.2 Å². The van der Waals surface area contributed by atoms with Gasteiger partial charge in [-0.3, -0.25) is 4.79 Å². The van der Waals surface area contributed by atoms with Crippen molar-refractivity contribution in [2.24, 2.45) is 5.92 Å². The summed E-state index contributed by atoms with van der Waals surface area (Å²) in [6.45, 7) is 0.580. The van der Waals surface area contributed by atoms with E-state index in [4.69, 9.17) is 0 Å². The molecule has 4 nitrogen and oxygen atoms in total. The molecule has 0 radical (unpaired) electrons. The number of carboxylic acids is 1. The van der Waals surface area contributed by atoms with Crippen LogP contribution in [0.3, 0.4) is 0 Å². The molecule has 23 heavy (non-hydrogen) atoms. The average molecular weight is 309 g/mol. The number of aliphatic carboxylic acids is 1. The molecule has 3 atom stereocenters. The fourth-order valence-electron chi connectivity index (χ4n) is 3.77. The number of hydrogen-bond acceptors (Lipinski definition) is 2. The second kappa shape index (κ2) is 5.37. The molecule has 1 saturated carbocycles. The highest BCUT2D eigenvalue weighted by molar-refractivity contribution is 5.89. The van der Waals surface area contributed by atoms with E-state index in [9.17, 15) is 14.7 Å². The van der Waals surface area contributed by atoms with Gasteiger partial charge in [0.05, 0.1) is 0 Å². The van der Waals surface area contributed by atoms with Gasteiger partial charge in [0.25, 0.3) is 0 Å². The zero-order valence-corrected chi connectivity index (χ0v) is 12.8. The molecule has 1 aliphatic heterocycles. The minimum absolute atomic E-state index is 0.0214. The van der Waals surface area contributed by atoms with Crippen LogP contribution in [0.5, 0.6) is 0 Å². The molecule has 0 spiro atoms. The molecule has 1 aliphatic carbocycles. The highest BCUT2D eigenvalue weighted by Crippen LogP contribution is 2.49. The molecule has 2 aliphatic rings. The summed E-state index contributed by atoms with van der Waals surface area (Å²) in [5.74, 6) is -0.662. The summed E-state index contributed by atoms with van der Waals surface area (Å²) in [4.78, 5) is 25.5. The van der Waals surface area contributed by atoms with Gasteiger partial charge in [-0.25, -0.2) is 4.79 Å². The summed E-state index contributed by atoms with van der Waals surface area (Å²) in [7, 11) is 0. The lowest BCUT2D eigenvalue weighted by atomic mass is 10.0. The van der Waals surface area contributed by atoms with E-state index in [1.807, 2.05) is 12.1 Å². The number of carbonyl (C=O) groups is 2. The smallest absolute Gasteiger partial charge is 0.326 e. The minimum atomic E-state index is -0.876. The largest absolute Gasteiger partial charge is 0.480 e. The summed E-state index contributed by atoms with van der Waals surface area (Å²) in [6.07, 6.45) is 2.20. The van der Waals surface area contributed by atoms with Crippen molar-refractivity contribution in [3.05, 3.63) is 48.0 Å². The highest BCUT2D eigenvalue weighted by Gasteiger charge is 2.48. The van der Waals surface area contributed by atoms with Gasteiger partial charge in [0, 0.05) is 12.5 Å². The lowest BCUT2D eigenvalue weighted by molar-refractivity contribution is -0.148. The number of carbonyl (C=O) groups excluding carboxylic acids is 1. The molecule has 118 valence electrons. The Hall–Kier alpha value is -2.36. The molecule has 1 N–H and O–H groups in total. The third-order valence-electron chi connectivity index (χ3n) is 5.13. The third kappa shape index (κ3) is 2.48. The Kier molecular flexibility index (Phi) is 3.33. The van der Waals surface area contributed by atoms with Crippen LogP contribution in [0.25, 0.3) is 10.8 Å². The number of rotatable bonds is 3. The fraction of sp³-hybridized carbons (Fsp3) is 0.368. The summed E-state index contributed by atoms with van der Waals surface area (Å²) < 4.78 is 0. The second-order valence-electron chi connectivity index (χ2n) is 6.58. The molecule has 1 amide bonds. The van der Waals surface area contributed by atoms with Crippen LogP contribution >= 0.6 is 0 Å². The fourth-order valence-corrected chi connectivity index (χ4v) is 3.77. The van der Waals surface area contributed by atoms with Gasteiger partial charge in [-0.15, -0.1) is 0 Å². The second-order valence-corrected chi connectivity index (χ2v) is 6.58. The first-order chi connectivity index (χ1) is 11.1. The van der Waals surface area contributed by atoms with E-state index in [1.165, 1.54) is 16.3 Å². The maximum absolute atomic E-state index is 12.6. The molecule has 2 aromatic carbocycles. The molecule has 0 aromatic heterocycles. The number of benzene rings is 2. The van der Waals surface area contributed by atoms with Gasteiger partial charge in [0.15, 0.2) is 0 Å². The quantitative estimate of drug-likeness (QED) is 0.948. The van der Waals surface area contributed by atoms with Crippen LogP contribution in [-0.4, -0.2) is 34.5 Å². The van der Waals surface area contributed by atoms with Gasteiger partial charge in [0.2, 0.25) is 5.91 Å². The first kappa shape index (κ1) is 14.2. The van der Waals surface area contributed by atoms with Crippen LogP contribution in [-0.2, 0) is 9.59 Å². The Morgan fingerprint density at radius 3 is 2.65 bits per heavy atom. The molecular formula is C19H19NO3. The zero-order valence-electron chi connectivity index (χ0n) is 12.8. The van der Waals surface area contributed by atoms with Crippen LogP contribution in [0.15, 0.2) is 42.5 Å². The normalized spacial score (nSPS) is 26.4. The SMILES string of the molecule is O=C(O)[C@H]1CCCN1C(=O)C1CC1c1ccc2ccccc2c1. The molecule has 2 fully saturated rings. The molecule has 0 bridgehead atoms. The molecule has 2 aromatic rings. The van der Waals surface area contributed by atoms with E-state index < -0.39 is 12.0 Å². The molecule has 1 saturated heterocycles. The Bertz CT molecular complexity index is 785. The van der Waals surface area contributed by atoms with Crippen molar-refractivity contribution in [3.8, 4) is 0 Å². The Morgan fingerprint density at radius 1 is 1.09 bits per heavy atom. The Labute approximate surface area is 134 Å². The van der Waals surface area contributed by atoms with Crippen LogP contribution in [0.4, 0.5) is 0 Å². The topological polar surface area (TPSA) is 57.6 Å². The molecule has 4 heteroatoms. The van der Waals surface area contributed by atoms with Crippen molar-refractivity contribution < 1.29 is 14.7 Å². The average Bonchev–Trinajstić information content (AvgIpc) is 3.21. The predicted molar refractivity (Wildman–Crippen MR) is 87.2 cm³/mol. The molecule has 1 heterocycles. The first-order valence-electron chi connectivity index (χ1n) is 8.17. The standard InChI is InChI=1S/C19H19NO3/c21-18(20-9-3-6-17(20)19(22)23)16-11-15(16)14-8-7-12-4-1-2-5-13(12)10-14/h1-2,4-5,7-8,10,15-17H,3,6,9,11H2,(H,22,23)/t15?,16?,17-/m1/s1. The van der Waals surface area contributed by atoms with Crippen LogP contribution in [0.1, 0.15) is 30.7 Å².